The first-order chi connectivity index (χ1) is 17.7. The molecule has 4 rings (SSSR count). The summed E-state index contributed by atoms with van der Waals surface area (Å²) in [5, 5.41) is 1.40. The van der Waals surface area contributed by atoms with Crippen LogP contribution in [0.5, 0.6) is 11.5 Å². The van der Waals surface area contributed by atoms with E-state index in [-0.39, 0.29) is 41.3 Å². The topological polar surface area (TPSA) is 84.9 Å². The van der Waals surface area contributed by atoms with Crippen molar-refractivity contribution in [3.05, 3.63) is 64.1 Å². The molecule has 0 saturated heterocycles. The molecule has 0 spiro atoms. The highest BCUT2D eigenvalue weighted by molar-refractivity contribution is 6.31. The number of nitrogens with one attached hydrogen (secondary N) is 1. The largest absolute Gasteiger partial charge is 0.493 e. The first-order valence-electron chi connectivity index (χ1n) is 11.3. The molecule has 2 amide bonds. The molecule has 7 nitrogen and oxygen atoms in total. The summed E-state index contributed by atoms with van der Waals surface area (Å²) >= 11 is 5.87. The molecule has 0 aromatic heterocycles. The van der Waals surface area contributed by atoms with Gasteiger partial charge in [0.15, 0.2) is 17.3 Å². The number of hydrogen-bond donors (Lipinski definition) is 1. The minimum absolute atomic E-state index is 0.0666. The van der Waals surface area contributed by atoms with Gasteiger partial charge in [-0.15, -0.1) is 0 Å². The smallest absolute Gasteiger partial charge is 0.425 e. The van der Waals surface area contributed by atoms with E-state index in [0.29, 0.717) is 4.90 Å². The van der Waals surface area contributed by atoms with Gasteiger partial charge in [0.1, 0.15) is 5.82 Å². The predicted octanol–water partition coefficient (Wildman–Crippen LogP) is 5.22. The normalized spacial score (nSPS) is 20.9. The fourth-order valence-corrected chi connectivity index (χ4v) is 5.04. The van der Waals surface area contributed by atoms with Crippen molar-refractivity contribution in [2.75, 3.05) is 19.1 Å². The lowest BCUT2D eigenvalue weighted by atomic mass is 9.72. The summed E-state index contributed by atoms with van der Waals surface area (Å²) in [6, 6.07) is 6.63. The van der Waals surface area contributed by atoms with Gasteiger partial charge in [-0.1, -0.05) is 25.4 Å². The minimum atomic E-state index is -5.42. The maximum Gasteiger partial charge on any atom is 0.425 e. The number of ether oxygens (including phenoxy) is 2. The summed E-state index contributed by atoms with van der Waals surface area (Å²) < 4.78 is 69.1. The molecule has 1 aliphatic carbocycles. The zero-order chi connectivity index (χ0) is 28.2. The van der Waals surface area contributed by atoms with Crippen molar-refractivity contribution >= 4 is 34.9 Å². The first kappa shape index (κ1) is 27.4. The Morgan fingerprint density at radius 3 is 2.26 bits per heavy atom. The fourth-order valence-electron chi connectivity index (χ4n) is 4.87. The van der Waals surface area contributed by atoms with E-state index in [4.69, 9.17) is 21.1 Å². The number of ketones is 1. The number of anilines is 1. The second-order valence-electron chi connectivity index (χ2n) is 9.77. The second kappa shape index (κ2) is 9.30. The van der Waals surface area contributed by atoms with Crippen molar-refractivity contribution < 1.29 is 41.4 Å². The molecule has 0 saturated carbocycles. The average molecular weight is 555 g/mol. The molecule has 1 unspecified atom stereocenters. The number of amides is 2. The van der Waals surface area contributed by atoms with E-state index in [0.717, 1.165) is 24.3 Å². The molecular formula is C26H23ClF4N2O5. The van der Waals surface area contributed by atoms with Gasteiger partial charge < -0.3 is 14.8 Å². The highest BCUT2D eigenvalue weighted by Gasteiger charge is 2.72. The monoisotopic (exact) mass is 554 g/mol. The van der Waals surface area contributed by atoms with Crippen LogP contribution in [-0.2, 0) is 9.59 Å². The van der Waals surface area contributed by atoms with E-state index in [1.807, 2.05) is 5.32 Å². The van der Waals surface area contributed by atoms with Crippen LogP contribution < -0.4 is 19.7 Å². The van der Waals surface area contributed by atoms with Crippen molar-refractivity contribution in [1.82, 2.24) is 5.32 Å². The molecule has 202 valence electrons. The van der Waals surface area contributed by atoms with Gasteiger partial charge in [-0.25, -0.2) is 4.39 Å². The van der Waals surface area contributed by atoms with Gasteiger partial charge in [-0.2, -0.15) is 13.2 Å². The molecule has 2 aliphatic rings. The third-order valence-corrected chi connectivity index (χ3v) is 6.84. The Labute approximate surface area is 220 Å². The van der Waals surface area contributed by atoms with E-state index < -0.39 is 51.1 Å². The molecule has 1 N–H and O–H groups in total. The molecule has 2 aromatic carbocycles. The fraction of sp³-hybridized carbons (Fsp3) is 0.346. The van der Waals surface area contributed by atoms with Crippen molar-refractivity contribution in [2.45, 2.75) is 38.4 Å². The van der Waals surface area contributed by atoms with Gasteiger partial charge in [0.2, 0.25) is 5.54 Å². The van der Waals surface area contributed by atoms with Gasteiger partial charge in [-0.3, -0.25) is 19.3 Å². The number of carbonyl (C=O) groups excluding carboxylic acids is 3. The molecule has 38 heavy (non-hydrogen) atoms. The zero-order valence-corrected chi connectivity index (χ0v) is 21.5. The summed E-state index contributed by atoms with van der Waals surface area (Å²) in [4.78, 5) is 41.0. The molecule has 0 radical (unpaired) electrons. The molecule has 1 aliphatic heterocycles. The van der Waals surface area contributed by atoms with E-state index in [9.17, 15) is 31.9 Å². The first-order valence-corrected chi connectivity index (χ1v) is 11.7. The number of methoxy groups -OCH3 is 2. The lowest BCUT2D eigenvalue weighted by molar-refractivity contribution is -0.186. The van der Waals surface area contributed by atoms with Gasteiger partial charge in [0.25, 0.3) is 11.8 Å². The number of benzene rings is 2. The molecule has 1 atom stereocenters. The number of Topliss-reactive ketones (excluding diaryl/α,β-unsaturated/α-hetero) is 1. The molecule has 1 heterocycles. The number of alkyl halides is 3. The lowest BCUT2D eigenvalue weighted by Crippen LogP contribution is -2.66. The lowest BCUT2D eigenvalue weighted by Gasteiger charge is -2.35. The quantitative estimate of drug-likeness (QED) is 0.513. The Balaban J connectivity index is 1.92. The van der Waals surface area contributed by atoms with Crippen LogP contribution in [0.2, 0.25) is 5.02 Å². The molecule has 0 bridgehead atoms. The standard InChI is InChI=1S/C26H23ClF4N2O5/c1-24(2)11-17-21(18(34)12-24)25(26(29,30)31,23(36)33(17)14-6-7-16(28)15(27)10-14)32-22(35)13-5-8-19(37-3)20(9-13)38-4/h5-10H,11-12H2,1-4H3,(H,32,35). The van der Waals surface area contributed by atoms with Gasteiger partial charge >= 0.3 is 6.18 Å². The van der Waals surface area contributed by atoms with E-state index >= 15 is 0 Å². The summed E-state index contributed by atoms with van der Waals surface area (Å²) in [6.45, 7) is 3.34. The molecular weight excluding hydrogens is 532 g/mol. The minimum Gasteiger partial charge on any atom is -0.493 e. The van der Waals surface area contributed by atoms with Gasteiger partial charge in [0, 0.05) is 17.7 Å². The summed E-state index contributed by atoms with van der Waals surface area (Å²) in [7, 11) is 2.62. The zero-order valence-electron chi connectivity index (χ0n) is 20.8. The van der Waals surface area contributed by atoms with Crippen LogP contribution in [0, 0.1) is 11.2 Å². The Morgan fingerprint density at radius 2 is 1.68 bits per heavy atom. The third-order valence-electron chi connectivity index (χ3n) is 6.55. The number of nitrogens with zero attached hydrogens (tertiary/aromatic N) is 1. The number of allylic oxidation sites excluding steroid dienone is 1. The van der Waals surface area contributed by atoms with Crippen LogP contribution in [0.4, 0.5) is 23.2 Å². The summed E-state index contributed by atoms with van der Waals surface area (Å²) in [5.74, 6) is -4.40. The third kappa shape index (κ3) is 4.28. The highest BCUT2D eigenvalue weighted by atomic mass is 35.5. The summed E-state index contributed by atoms with van der Waals surface area (Å²) in [6.07, 6.45) is -5.81. The Morgan fingerprint density at radius 1 is 1.03 bits per heavy atom. The Bertz CT molecular complexity index is 1390. The van der Waals surface area contributed by atoms with Crippen molar-refractivity contribution in [1.29, 1.82) is 0 Å². The highest BCUT2D eigenvalue weighted by Crippen LogP contribution is 2.53. The molecule has 2 aromatic rings. The van der Waals surface area contributed by atoms with Gasteiger partial charge in [-0.05, 0) is 48.2 Å². The predicted molar refractivity (Wildman–Crippen MR) is 130 cm³/mol. The number of halogens is 5. The van der Waals surface area contributed by atoms with E-state index in [2.05, 4.69) is 0 Å². The second-order valence-corrected chi connectivity index (χ2v) is 10.2. The van der Waals surface area contributed by atoms with Crippen LogP contribution >= 0.6 is 11.6 Å². The summed E-state index contributed by atoms with van der Waals surface area (Å²) in [5.41, 5.74) is -6.04. The maximum atomic E-state index is 15.0. The van der Waals surface area contributed by atoms with Crippen LogP contribution in [-0.4, -0.2) is 43.5 Å². The van der Waals surface area contributed by atoms with Crippen LogP contribution in [0.1, 0.15) is 37.0 Å². The number of rotatable bonds is 5. The van der Waals surface area contributed by atoms with Crippen molar-refractivity contribution in [3.63, 3.8) is 0 Å². The Hall–Kier alpha value is -3.60. The van der Waals surface area contributed by atoms with E-state index in [1.54, 1.807) is 13.8 Å². The van der Waals surface area contributed by atoms with Crippen molar-refractivity contribution in [3.8, 4) is 11.5 Å². The van der Waals surface area contributed by atoms with Crippen LogP contribution in [0.25, 0.3) is 0 Å². The average Bonchev–Trinajstić information content (AvgIpc) is 3.07. The molecule has 12 heteroatoms. The maximum absolute atomic E-state index is 15.0. The van der Waals surface area contributed by atoms with Crippen LogP contribution in [0.15, 0.2) is 47.7 Å². The number of carbonyl (C=O) groups is 3. The van der Waals surface area contributed by atoms with Crippen molar-refractivity contribution in [2.24, 2.45) is 5.41 Å². The Kier molecular flexibility index (Phi) is 6.71. The number of hydrogen-bond acceptors (Lipinski definition) is 5. The molecule has 0 fully saturated rings. The SMILES string of the molecule is COc1ccc(C(=O)NC2(C(F)(F)F)C(=O)N(c3ccc(F)c(Cl)c3)C3=C2C(=O)CC(C)(C)C3)cc1OC. The van der Waals surface area contributed by atoms with Crippen LogP contribution in [0.3, 0.4) is 0 Å². The van der Waals surface area contributed by atoms with E-state index in [1.165, 1.54) is 26.4 Å². The van der Waals surface area contributed by atoms with Gasteiger partial charge in [0.05, 0.1) is 30.5 Å².